The highest BCUT2D eigenvalue weighted by Crippen LogP contribution is 2.47. The zero-order chi connectivity index (χ0) is 24.2. The minimum atomic E-state index is -4.95. The summed E-state index contributed by atoms with van der Waals surface area (Å²) in [4.78, 5) is 0. The lowest BCUT2D eigenvalue weighted by atomic mass is 9.80. The Hall–Kier alpha value is -2.89. The van der Waals surface area contributed by atoms with Crippen molar-refractivity contribution in [2.24, 2.45) is 0 Å². The zero-order valence-electron chi connectivity index (χ0n) is 19.0. The molecular weight excluding hydrogens is 425 g/mol. The van der Waals surface area contributed by atoms with Gasteiger partial charge >= 0.3 is 6.18 Å². The van der Waals surface area contributed by atoms with Gasteiger partial charge in [-0.2, -0.15) is 13.2 Å². The van der Waals surface area contributed by atoms with Crippen LogP contribution in [0.1, 0.15) is 52.3 Å². The standard InChI is InChI=1S/C28H29F3O2/c1-19-7-4-10-22(15-19)18-25(13-14-26(32)23-11-5-8-20(2)16-23)27(33,28(29,30)31)24-12-6-9-21(3)17-24/h4-12,15-18,26,32-33H,13-14H2,1-3H3/b25-18-/t26-,27+/m0/s1. The third-order valence-corrected chi connectivity index (χ3v) is 5.81. The van der Waals surface area contributed by atoms with E-state index in [9.17, 15) is 23.4 Å². The fraction of sp³-hybridized carbons (Fsp3) is 0.286. The minimum absolute atomic E-state index is 0.0330. The first-order valence-electron chi connectivity index (χ1n) is 10.9. The Morgan fingerprint density at radius 1 is 0.848 bits per heavy atom. The van der Waals surface area contributed by atoms with Crippen LogP contribution in [0.3, 0.4) is 0 Å². The second-order valence-electron chi connectivity index (χ2n) is 8.63. The van der Waals surface area contributed by atoms with Gasteiger partial charge in [-0.15, -0.1) is 0 Å². The van der Waals surface area contributed by atoms with Crippen molar-refractivity contribution in [1.29, 1.82) is 0 Å². The molecule has 0 fully saturated rings. The summed E-state index contributed by atoms with van der Waals surface area (Å²) in [5.74, 6) is 0. The molecule has 0 unspecified atom stereocenters. The molecule has 5 heteroatoms. The largest absolute Gasteiger partial charge is 0.425 e. The van der Waals surface area contributed by atoms with E-state index >= 15 is 0 Å². The van der Waals surface area contributed by atoms with E-state index in [4.69, 9.17) is 0 Å². The van der Waals surface area contributed by atoms with Gasteiger partial charge < -0.3 is 10.2 Å². The molecule has 2 N–H and O–H groups in total. The third-order valence-electron chi connectivity index (χ3n) is 5.81. The van der Waals surface area contributed by atoms with Crippen molar-refractivity contribution in [3.05, 3.63) is 112 Å². The normalized spacial score (nSPS) is 15.2. The Kier molecular flexibility index (Phi) is 7.45. The second kappa shape index (κ2) is 9.94. The molecule has 0 aliphatic rings. The topological polar surface area (TPSA) is 40.5 Å². The maximum Gasteiger partial charge on any atom is 0.425 e. The van der Waals surface area contributed by atoms with Gasteiger partial charge in [0.05, 0.1) is 6.10 Å². The number of hydrogen-bond donors (Lipinski definition) is 2. The van der Waals surface area contributed by atoms with Crippen LogP contribution in [0.5, 0.6) is 0 Å². The molecule has 0 amide bonds. The van der Waals surface area contributed by atoms with Crippen LogP contribution in [0.2, 0.25) is 0 Å². The Morgan fingerprint density at radius 3 is 2.00 bits per heavy atom. The number of rotatable bonds is 7. The predicted octanol–water partition coefficient (Wildman–Crippen LogP) is 6.96. The number of halogens is 3. The van der Waals surface area contributed by atoms with Gasteiger partial charge in [0.2, 0.25) is 5.60 Å². The van der Waals surface area contributed by atoms with Crippen molar-refractivity contribution in [3.8, 4) is 0 Å². The van der Waals surface area contributed by atoms with Crippen LogP contribution in [-0.4, -0.2) is 16.4 Å². The first-order chi connectivity index (χ1) is 15.5. The lowest BCUT2D eigenvalue weighted by Gasteiger charge is -2.34. The molecule has 3 aromatic rings. The fourth-order valence-corrected chi connectivity index (χ4v) is 4.06. The molecule has 0 aromatic heterocycles. The summed E-state index contributed by atoms with van der Waals surface area (Å²) >= 11 is 0. The van der Waals surface area contributed by atoms with Crippen LogP contribution in [0.15, 0.2) is 78.4 Å². The van der Waals surface area contributed by atoms with Crippen LogP contribution in [0.4, 0.5) is 13.2 Å². The quantitative estimate of drug-likeness (QED) is 0.405. The summed E-state index contributed by atoms with van der Waals surface area (Å²) < 4.78 is 43.5. The molecule has 0 radical (unpaired) electrons. The van der Waals surface area contributed by atoms with Crippen LogP contribution in [-0.2, 0) is 5.60 Å². The molecule has 2 atom stereocenters. The Balaban J connectivity index is 2.08. The average molecular weight is 455 g/mol. The molecule has 0 bridgehead atoms. The smallest absolute Gasteiger partial charge is 0.388 e. The number of aliphatic hydroxyl groups is 2. The Morgan fingerprint density at radius 2 is 1.42 bits per heavy atom. The maximum absolute atomic E-state index is 14.5. The molecule has 33 heavy (non-hydrogen) atoms. The fourth-order valence-electron chi connectivity index (χ4n) is 4.06. The van der Waals surface area contributed by atoms with Gasteiger partial charge in [-0.25, -0.2) is 0 Å². The molecule has 0 heterocycles. The summed E-state index contributed by atoms with van der Waals surface area (Å²) in [5.41, 5.74) is 0.0282. The first kappa shape index (κ1) is 24.7. The SMILES string of the molecule is Cc1cccc(/C=C(/CC[C@H](O)c2cccc(C)c2)[C@](O)(c2cccc(C)c2)C(F)(F)F)c1. The van der Waals surface area contributed by atoms with Crippen LogP contribution in [0.25, 0.3) is 6.08 Å². The molecule has 0 saturated heterocycles. The summed E-state index contributed by atoms with van der Waals surface area (Å²) in [5, 5.41) is 22.0. The molecule has 3 rings (SSSR count). The number of hydrogen-bond acceptors (Lipinski definition) is 2. The number of aryl methyl sites for hydroxylation is 3. The van der Waals surface area contributed by atoms with Gasteiger partial charge in [0, 0.05) is 0 Å². The molecule has 3 aromatic carbocycles. The number of alkyl halides is 3. The molecule has 0 spiro atoms. The highest BCUT2D eigenvalue weighted by Gasteiger charge is 2.57. The second-order valence-corrected chi connectivity index (χ2v) is 8.63. The van der Waals surface area contributed by atoms with E-state index in [1.165, 1.54) is 24.3 Å². The van der Waals surface area contributed by atoms with Gasteiger partial charge in [0.25, 0.3) is 0 Å². The Labute approximate surface area is 193 Å². The number of aliphatic hydroxyl groups excluding tert-OH is 1. The van der Waals surface area contributed by atoms with E-state index in [0.717, 1.165) is 11.1 Å². The van der Waals surface area contributed by atoms with E-state index in [2.05, 4.69) is 0 Å². The van der Waals surface area contributed by atoms with Crippen molar-refractivity contribution in [3.63, 3.8) is 0 Å². The summed E-state index contributed by atoms with van der Waals surface area (Å²) in [6.07, 6.45) is -4.63. The zero-order valence-corrected chi connectivity index (χ0v) is 19.0. The number of benzene rings is 3. The summed E-state index contributed by atoms with van der Waals surface area (Å²) in [6.45, 7) is 5.43. The molecule has 0 aliphatic carbocycles. The lowest BCUT2D eigenvalue weighted by molar-refractivity contribution is -0.250. The van der Waals surface area contributed by atoms with Crippen molar-refractivity contribution in [1.82, 2.24) is 0 Å². The van der Waals surface area contributed by atoms with E-state index < -0.39 is 17.9 Å². The van der Waals surface area contributed by atoms with Crippen molar-refractivity contribution < 1.29 is 23.4 Å². The Bertz CT molecular complexity index is 1130. The molecule has 2 nitrogen and oxygen atoms in total. The van der Waals surface area contributed by atoms with Crippen molar-refractivity contribution >= 4 is 6.08 Å². The maximum atomic E-state index is 14.5. The van der Waals surface area contributed by atoms with Gasteiger partial charge in [0.15, 0.2) is 0 Å². The van der Waals surface area contributed by atoms with E-state index in [1.54, 1.807) is 43.3 Å². The highest BCUT2D eigenvalue weighted by atomic mass is 19.4. The van der Waals surface area contributed by atoms with Crippen LogP contribution in [0, 0.1) is 20.8 Å². The van der Waals surface area contributed by atoms with Gasteiger partial charge in [-0.05, 0) is 55.9 Å². The minimum Gasteiger partial charge on any atom is -0.388 e. The molecule has 0 aliphatic heterocycles. The van der Waals surface area contributed by atoms with Crippen LogP contribution < -0.4 is 0 Å². The highest BCUT2D eigenvalue weighted by molar-refractivity contribution is 5.58. The monoisotopic (exact) mass is 454 g/mol. The molecule has 174 valence electrons. The van der Waals surface area contributed by atoms with Crippen LogP contribution >= 0.6 is 0 Å². The third kappa shape index (κ3) is 5.73. The van der Waals surface area contributed by atoms with E-state index in [1.807, 2.05) is 32.0 Å². The lowest BCUT2D eigenvalue weighted by Crippen LogP contribution is -2.44. The summed E-state index contributed by atoms with van der Waals surface area (Å²) in [7, 11) is 0. The van der Waals surface area contributed by atoms with E-state index in [0.29, 0.717) is 16.7 Å². The average Bonchev–Trinajstić information content (AvgIpc) is 2.75. The van der Waals surface area contributed by atoms with E-state index in [-0.39, 0.29) is 24.0 Å². The predicted molar refractivity (Wildman–Crippen MR) is 126 cm³/mol. The summed E-state index contributed by atoms with van der Waals surface area (Å²) in [6, 6.07) is 20.2. The van der Waals surface area contributed by atoms with Crippen molar-refractivity contribution in [2.45, 2.75) is 51.5 Å². The van der Waals surface area contributed by atoms with Gasteiger partial charge in [-0.3, -0.25) is 0 Å². The first-order valence-corrected chi connectivity index (χ1v) is 10.9. The van der Waals surface area contributed by atoms with Crippen molar-refractivity contribution in [2.75, 3.05) is 0 Å². The van der Waals surface area contributed by atoms with Gasteiger partial charge in [-0.1, -0.05) is 95.6 Å². The molecule has 0 saturated carbocycles. The molecular formula is C28H29F3O2. The van der Waals surface area contributed by atoms with Gasteiger partial charge in [0.1, 0.15) is 0 Å².